The molecule has 0 fully saturated rings. The van der Waals surface area contributed by atoms with Crippen LogP contribution < -0.4 is 16.6 Å². The summed E-state index contributed by atoms with van der Waals surface area (Å²) in [6.45, 7) is 3.69. The summed E-state index contributed by atoms with van der Waals surface area (Å²) in [7, 11) is 3.21. The molecule has 138 valence electrons. The number of rotatable bonds is 5. The number of carbonyl (C=O) groups is 1. The summed E-state index contributed by atoms with van der Waals surface area (Å²) in [6, 6.07) is 3.73. The number of aryl methyl sites for hydroxylation is 2. The fraction of sp³-hybridized carbons (Fsp3) is 0.412. The smallest absolute Gasteiger partial charge is 0.332 e. The van der Waals surface area contributed by atoms with E-state index in [1.54, 1.807) is 23.0 Å². The number of thiophene rings is 1. The third-order valence-corrected chi connectivity index (χ3v) is 5.29. The van der Waals surface area contributed by atoms with E-state index < -0.39 is 11.2 Å². The van der Waals surface area contributed by atoms with Crippen LogP contribution in [0.25, 0.3) is 11.2 Å². The highest BCUT2D eigenvalue weighted by atomic mass is 32.1. The van der Waals surface area contributed by atoms with Gasteiger partial charge in [0.05, 0.1) is 12.4 Å². The molecule has 3 aromatic rings. The van der Waals surface area contributed by atoms with E-state index in [1.165, 1.54) is 17.9 Å². The fourth-order valence-corrected chi connectivity index (χ4v) is 3.88. The Balaban J connectivity index is 1.94. The molecule has 0 aliphatic rings. The van der Waals surface area contributed by atoms with Crippen molar-refractivity contribution < 1.29 is 4.79 Å². The van der Waals surface area contributed by atoms with Crippen molar-refractivity contribution in [3.8, 4) is 0 Å². The molecule has 0 saturated heterocycles. The predicted molar refractivity (Wildman–Crippen MR) is 100 cm³/mol. The van der Waals surface area contributed by atoms with Crippen LogP contribution in [-0.4, -0.2) is 24.6 Å². The summed E-state index contributed by atoms with van der Waals surface area (Å²) in [5.74, 6) is -0.200. The van der Waals surface area contributed by atoms with Crippen LogP contribution in [0.2, 0.25) is 0 Å². The van der Waals surface area contributed by atoms with Gasteiger partial charge in [0.1, 0.15) is 6.54 Å². The number of fused-ring (bicyclic) bond motifs is 1. The first kappa shape index (κ1) is 18.1. The van der Waals surface area contributed by atoms with Crippen LogP contribution >= 0.6 is 11.3 Å². The molecule has 26 heavy (non-hydrogen) atoms. The van der Waals surface area contributed by atoms with Crippen molar-refractivity contribution in [2.45, 2.75) is 26.4 Å². The van der Waals surface area contributed by atoms with Crippen LogP contribution in [-0.2, 0) is 25.4 Å². The SMILES string of the molecule is CC(C)[C@@H](NC(=O)Cn1c(=O)c2c(ncn2C)n(C)c1=O)c1cccs1. The van der Waals surface area contributed by atoms with Crippen LogP contribution in [0.4, 0.5) is 0 Å². The second kappa shape index (κ2) is 6.91. The third-order valence-electron chi connectivity index (χ3n) is 4.34. The van der Waals surface area contributed by atoms with Gasteiger partial charge in [-0.15, -0.1) is 11.3 Å². The number of imidazole rings is 1. The lowest BCUT2D eigenvalue weighted by Crippen LogP contribution is -2.44. The minimum absolute atomic E-state index is 0.164. The summed E-state index contributed by atoms with van der Waals surface area (Å²) in [5, 5.41) is 4.89. The van der Waals surface area contributed by atoms with Gasteiger partial charge in [0.2, 0.25) is 5.91 Å². The molecule has 3 heterocycles. The van der Waals surface area contributed by atoms with E-state index in [-0.39, 0.29) is 24.4 Å². The molecule has 1 amide bonds. The van der Waals surface area contributed by atoms with Gasteiger partial charge in [-0.05, 0) is 17.4 Å². The number of amides is 1. The summed E-state index contributed by atoms with van der Waals surface area (Å²) < 4.78 is 3.78. The first-order valence-corrected chi connectivity index (χ1v) is 9.12. The topological polar surface area (TPSA) is 90.9 Å². The second-order valence-electron chi connectivity index (χ2n) is 6.57. The van der Waals surface area contributed by atoms with Gasteiger partial charge in [0, 0.05) is 19.0 Å². The molecule has 3 aromatic heterocycles. The lowest BCUT2D eigenvalue weighted by atomic mass is 10.0. The average Bonchev–Trinajstić information content (AvgIpc) is 3.24. The van der Waals surface area contributed by atoms with E-state index in [1.807, 2.05) is 31.4 Å². The molecule has 3 rings (SSSR count). The maximum atomic E-state index is 12.7. The molecule has 8 nitrogen and oxygen atoms in total. The van der Waals surface area contributed by atoms with Crippen LogP contribution in [0.15, 0.2) is 33.4 Å². The average molecular weight is 375 g/mol. The molecule has 0 radical (unpaired) electrons. The van der Waals surface area contributed by atoms with E-state index in [9.17, 15) is 14.4 Å². The Morgan fingerprint density at radius 2 is 2.04 bits per heavy atom. The Morgan fingerprint density at radius 3 is 2.65 bits per heavy atom. The van der Waals surface area contributed by atoms with Gasteiger partial charge in [-0.25, -0.2) is 14.3 Å². The quantitative estimate of drug-likeness (QED) is 0.720. The highest BCUT2D eigenvalue weighted by molar-refractivity contribution is 7.10. The van der Waals surface area contributed by atoms with Gasteiger partial charge in [-0.3, -0.25) is 14.2 Å². The summed E-state index contributed by atoms with van der Waals surface area (Å²) in [6.07, 6.45) is 1.47. The minimum atomic E-state index is -0.562. The van der Waals surface area contributed by atoms with Crippen molar-refractivity contribution in [2.75, 3.05) is 0 Å². The summed E-state index contributed by atoms with van der Waals surface area (Å²) >= 11 is 1.56. The number of aromatic nitrogens is 4. The van der Waals surface area contributed by atoms with Crippen LogP contribution in [0, 0.1) is 5.92 Å². The second-order valence-corrected chi connectivity index (χ2v) is 7.54. The van der Waals surface area contributed by atoms with E-state index in [0.717, 1.165) is 9.44 Å². The van der Waals surface area contributed by atoms with Crippen molar-refractivity contribution in [3.63, 3.8) is 0 Å². The molecule has 0 aromatic carbocycles. The van der Waals surface area contributed by atoms with E-state index in [2.05, 4.69) is 10.3 Å². The molecule has 0 spiro atoms. The lowest BCUT2D eigenvalue weighted by molar-refractivity contribution is -0.122. The van der Waals surface area contributed by atoms with E-state index >= 15 is 0 Å². The largest absolute Gasteiger partial charge is 0.347 e. The van der Waals surface area contributed by atoms with Crippen LogP contribution in [0.3, 0.4) is 0 Å². The Kier molecular flexibility index (Phi) is 4.82. The van der Waals surface area contributed by atoms with E-state index in [0.29, 0.717) is 11.2 Å². The van der Waals surface area contributed by atoms with Gasteiger partial charge in [0.25, 0.3) is 5.56 Å². The molecule has 0 bridgehead atoms. The Hall–Kier alpha value is -2.68. The van der Waals surface area contributed by atoms with Gasteiger partial charge < -0.3 is 9.88 Å². The van der Waals surface area contributed by atoms with Crippen molar-refractivity contribution in [1.82, 2.24) is 24.0 Å². The highest BCUT2D eigenvalue weighted by Crippen LogP contribution is 2.25. The van der Waals surface area contributed by atoms with Gasteiger partial charge in [0.15, 0.2) is 11.2 Å². The molecule has 9 heteroatoms. The van der Waals surface area contributed by atoms with E-state index in [4.69, 9.17) is 0 Å². The number of carbonyl (C=O) groups excluding carboxylic acids is 1. The van der Waals surface area contributed by atoms with Crippen molar-refractivity contribution >= 4 is 28.4 Å². The number of hydrogen-bond donors (Lipinski definition) is 1. The first-order valence-electron chi connectivity index (χ1n) is 8.25. The maximum Gasteiger partial charge on any atom is 0.332 e. The van der Waals surface area contributed by atoms with Gasteiger partial charge in [-0.2, -0.15) is 0 Å². The Morgan fingerprint density at radius 1 is 1.31 bits per heavy atom. The number of hydrogen-bond acceptors (Lipinski definition) is 5. The zero-order valence-corrected chi connectivity index (χ0v) is 15.9. The zero-order valence-electron chi connectivity index (χ0n) is 15.1. The molecule has 0 saturated carbocycles. The monoisotopic (exact) mass is 375 g/mol. The standard InChI is InChI=1S/C17H21N5O3S/c1-10(2)13(11-6-5-7-26-11)19-12(23)8-22-16(24)14-15(18-9-20(14)3)21(4)17(22)25/h5-7,9-10,13H,8H2,1-4H3,(H,19,23)/t13-/m1/s1. The minimum Gasteiger partial charge on any atom is -0.347 e. The molecular weight excluding hydrogens is 354 g/mol. The zero-order chi connectivity index (χ0) is 19.0. The normalized spacial score (nSPS) is 12.7. The molecule has 0 aliphatic carbocycles. The number of nitrogens with zero attached hydrogens (tertiary/aromatic N) is 4. The fourth-order valence-electron chi connectivity index (χ4n) is 2.93. The van der Waals surface area contributed by atoms with Crippen LogP contribution in [0.5, 0.6) is 0 Å². The maximum absolute atomic E-state index is 12.7. The van der Waals surface area contributed by atoms with Crippen molar-refractivity contribution in [3.05, 3.63) is 49.6 Å². The van der Waals surface area contributed by atoms with Crippen molar-refractivity contribution in [1.29, 1.82) is 0 Å². The van der Waals surface area contributed by atoms with Crippen molar-refractivity contribution in [2.24, 2.45) is 20.0 Å². The molecule has 1 N–H and O–H groups in total. The lowest BCUT2D eigenvalue weighted by Gasteiger charge is -2.21. The Bertz CT molecular complexity index is 1060. The molecule has 1 atom stereocenters. The summed E-state index contributed by atoms with van der Waals surface area (Å²) in [5.41, 5.74) is -0.486. The molecular formula is C17H21N5O3S. The number of nitrogens with one attached hydrogen (secondary N) is 1. The van der Waals surface area contributed by atoms with Gasteiger partial charge in [-0.1, -0.05) is 19.9 Å². The summed E-state index contributed by atoms with van der Waals surface area (Å²) in [4.78, 5) is 42.9. The van der Waals surface area contributed by atoms with Crippen LogP contribution in [0.1, 0.15) is 24.8 Å². The Labute approximate surface area is 153 Å². The molecule has 0 aliphatic heterocycles. The highest BCUT2D eigenvalue weighted by Gasteiger charge is 2.21. The predicted octanol–water partition coefficient (Wildman–Crippen LogP) is 1.01. The third kappa shape index (κ3) is 3.10. The van der Waals surface area contributed by atoms with Gasteiger partial charge >= 0.3 is 5.69 Å². The first-order chi connectivity index (χ1) is 12.3. The molecule has 0 unspecified atom stereocenters.